The third kappa shape index (κ3) is 6.76. The average Bonchev–Trinajstić information content (AvgIpc) is 2.49. The van der Waals surface area contributed by atoms with Gasteiger partial charge in [-0.2, -0.15) is 11.8 Å². The third-order valence-corrected chi connectivity index (χ3v) is 4.21. The van der Waals surface area contributed by atoms with Gasteiger partial charge in [0.1, 0.15) is 12.4 Å². The van der Waals surface area contributed by atoms with Gasteiger partial charge in [0.2, 0.25) is 0 Å². The van der Waals surface area contributed by atoms with Crippen LogP contribution in [0.5, 0.6) is 5.75 Å². The molecular formula is C16H27N3OS. The van der Waals surface area contributed by atoms with E-state index in [9.17, 15) is 0 Å². The molecule has 0 fully saturated rings. The maximum absolute atomic E-state index is 5.74. The molecule has 21 heavy (non-hydrogen) atoms. The van der Waals surface area contributed by atoms with E-state index in [2.05, 4.69) is 47.4 Å². The number of guanidine groups is 1. The van der Waals surface area contributed by atoms with Gasteiger partial charge < -0.3 is 15.0 Å². The summed E-state index contributed by atoms with van der Waals surface area (Å²) in [5.41, 5.74) is 1.24. The van der Waals surface area contributed by atoms with Crippen molar-refractivity contribution in [1.82, 2.24) is 10.2 Å². The molecule has 4 nitrogen and oxygen atoms in total. The molecule has 1 atom stereocenters. The van der Waals surface area contributed by atoms with Crippen LogP contribution in [0.4, 0.5) is 0 Å². The van der Waals surface area contributed by atoms with Crippen LogP contribution in [0.15, 0.2) is 29.3 Å². The highest BCUT2D eigenvalue weighted by Gasteiger charge is 2.07. The molecule has 1 aromatic carbocycles. The lowest BCUT2D eigenvalue weighted by Gasteiger charge is -2.23. The Labute approximate surface area is 133 Å². The fraction of sp³-hybridized carbons (Fsp3) is 0.562. The zero-order valence-electron chi connectivity index (χ0n) is 13.7. The van der Waals surface area contributed by atoms with Crippen molar-refractivity contribution in [3.63, 3.8) is 0 Å². The monoisotopic (exact) mass is 309 g/mol. The summed E-state index contributed by atoms with van der Waals surface area (Å²) >= 11 is 1.84. The van der Waals surface area contributed by atoms with Gasteiger partial charge in [-0.15, -0.1) is 0 Å². The number of ether oxygens (including phenoxy) is 1. The Balaban J connectivity index is 2.34. The first-order valence-electron chi connectivity index (χ1n) is 7.21. The number of rotatable bonds is 7. The number of aliphatic imine (C=N–C) groups is 1. The van der Waals surface area contributed by atoms with E-state index in [0.717, 1.165) is 24.8 Å². The van der Waals surface area contributed by atoms with Crippen LogP contribution in [0.3, 0.4) is 0 Å². The maximum Gasteiger partial charge on any atom is 0.193 e. The third-order valence-electron chi connectivity index (χ3n) is 3.24. The molecule has 0 aromatic heterocycles. The SMILES string of the molecule is CN=C(NCC(C)SC)N(C)CCOc1ccc(C)cc1. The van der Waals surface area contributed by atoms with E-state index in [1.54, 1.807) is 0 Å². The molecule has 1 unspecified atom stereocenters. The van der Waals surface area contributed by atoms with Gasteiger partial charge in [-0.3, -0.25) is 4.99 Å². The summed E-state index contributed by atoms with van der Waals surface area (Å²) in [6.45, 7) is 6.62. The van der Waals surface area contributed by atoms with Gasteiger partial charge in [0.15, 0.2) is 5.96 Å². The van der Waals surface area contributed by atoms with Crippen molar-refractivity contribution in [3.8, 4) is 5.75 Å². The van der Waals surface area contributed by atoms with Crippen molar-refractivity contribution in [2.24, 2.45) is 4.99 Å². The van der Waals surface area contributed by atoms with Crippen LogP contribution in [0, 0.1) is 6.92 Å². The van der Waals surface area contributed by atoms with Crippen LogP contribution in [0.1, 0.15) is 12.5 Å². The largest absolute Gasteiger partial charge is 0.492 e. The summed E-state index contributed by atoms with van der Waals surface area (Å²) < 4.78 is 5.74. The van der Waals surface area contributed by atoms with Gasteiger partial charge in [0.05, 0.1) is 6.54 Å². The van der Waals surface area contributed by atoms with Gasteiger partial charge in [-0.25, -0.2) is 0 Å². The van der Waals surface area contributed by atoms with Crippen molar-refractivity contribution < 1.29 is 4.74 Å². The van der Waals surface area contributed by atoms with Crippen molar-refractivity contribution in [1.29, 1.82) is 0 Å². The number of nitrogens with zero attached hydrogens (tertiary/aromatic N) is 2. The summed E-state index contributed by atoms with van der Waals surface area (Å²) in [5.74, 6) is 1.82. The number of hydrogen-bond donors (Lipinski definition) is 1. The van der Waals surface area contributed by atoms with Crippen LogP contribution < -0.4 is 10.1 Å². The smallest absolute Gasteiger partial charge is 0.193 e. The quantitative estimate of drug-likeness (QED) is 0.620. The second-order valence-corrected chi connectivity index (χ2v) is 6.33. The van der Waals surface area contributed by atoms with Crippen molar-refractivity contribution in [2.45, 2.75) is 19.1 Å². The molecule has 0 amide bonds. The van der Waals surface area contributed by atoms with Gasteiger partial charge in [-0.05, 0) is 25.3 Å². The van der Waals surface area contributed by atoms with Gasteiger partial charge >= 0.3 is 0 Å². The Morgan fingerprint density at radius 3 is 2.62 bits per heavy atom. The normalized spacial score (nSPS) is 12.9. The van der Waals surface area contributed by atoms with E-state index in [0.29, 0.717) is 11.9 Å². The fourth-order valence-corrected chi connectivity index (χ4v) is 1.99. The molecule has 118 valence electrons. The Kier molecular flexibility index (Phi) is 8.05. The first kappa shape index (κ1) is 17.7. The molecule has 1 aromatic rings. The van der Waals surface area contributed by atoms with Gasteiger partial charge in [-0.1, -0.05) is 24.6 Å². The van der Waals surface area contributed by atoms with Gasteiger partial charge in [0, 0.05) is 25.9 Å². The van der Waals surface area contributed by atoms with E-state index in [1.807, 2.05) is 38.0 Å². The number of aryl methyl sites for hydroxylation is 1. The summed E-state index contributed by atoms with van der Waals surface area (Å²) in [7, 11) is 3.83. The maximum atomic E-state index is 5.74. The Hall–Kier alpha value is -1.36. The lowest BCUT2D eigenvalue weighted by atomic mass is 10.2. The predicted octanol–water partition coefficient (Wildman–Crippen LogP) is 2.63. The molecule has 0 spiro atoms. The van der Waals surface area contributed by atoms with Crippen LogP contribution in [0.2, 0.25) is 0 Å². The first-order valence-corrected chi connectivity index (χ1v) is 8.49. The van der Waals surface area contributed by atoms with Crippen molar-refractivity contribution >= 4 is 17.7 Å². The number of thioether (sulfide) groups is 1. The topological polar surface area (TPSA) is 36.9 Å². The zero-order valence-corrected chi connectivity index (χ0v) is 14.5. The van der Waals surface area contributed by atoms with E-state index in [4.69, 9.17) is 4.74 Å². The molecule has 0 aliphatic carbocycles. The first-order chi connectivity index (χ1) is 10.1. The molecule has 5 heteroatoms. The molecule has 0 radical (unpaired) electrons. The summed E-state index contributed by atoms with van der Waals surface area (Å²) in [4.78, 5) is 6.38. The van der Waals surface area contributed by atoms with Gasteiger partial charge in [0.25, 0.3) is 0 Å². The molecule has 1 rings (SSSR count). The summed E-state index contributed by atoms with van der Waals surface area (Å²) in [6.07, 6.45) is 2.12. The number of likely N-dealkylation sites (N-methyl/N-ethyl adjacent to an activating group) is 1. The molecule has 0 heterocycles. The minimum atomic E-state index is 0.568. The molecule has 1 N–H and O–H groups in total. The Morgan fingerprint density at radius 1 is 1.38 bits per heavy atom. The van der Waals surface area contributed by atoms with E-state index >= 15 is 0 Å². The van der Waals surface area contributed by atoms with Crippen molar-refractivity contribution in [3.05, 3.63) is 29.8 Å². The molecule has 0 bridgehead atoms. The second kappa shape index (κ2) is 9.55. The number of nitrogens with one attached hydrogen (secondary N) is 1. The predicted molar refractivity (Wildman–Crippen MR) is 93.6 cm³/mol. The molecule has 0 saturated heterocycles. The van der Waals surface area contributed by atoms with Crippen LogP contribution in [0.25, 0.3) is 0 Å². The second-order valence-electron chi connectivity index (χ2n) is 5.06. The Bertz CT molecular complexity index is 434. The fourth-order valence-electron chi connectivity index (χ4n) is 1.74. The highest BCUT2D eigenvalue weighted by atomic mass is 32.2. The molecular weight excluding hydrogens is 282 g/mol. The molecule has 0 aliphatic rings. The standard InChI is InChI=1S/C16H27N3OS/c1-13-6-8-15(9-7-13)20-11-10-19(4)16(17-3)18-12-14(2)21-5/h6-9,14H,10-12H2,1-5H3,(H,17,18). The zero-order chi connectivity index (χ0) is 15.7. The lowest BCUT2D eigenvalue weighted by Crippen LogP contribution is -2.42. The summed E-state index contributed by atoms with van der Waals surface area (Å²) in [6, 6.07) is 8.12. The van der Waals surface area contributed by atoms with E-state index < -0.39 is 0 Å². The number of benzene rings is 1. The minimum absolute atomic E-state index is 0.568. The lowest BCUT2D eigenvalue weighted by molar-refractivity contribution is 0.281. The number of hydrogen-bond acceptors (Lipinski definition) is 3. The average molecular weight is 309 g/mol. The van der Waals surface area contributed by atoms with Crippen LogP contribution in [-0.2, 0) is 0 Å². The minimum Gasteiger partial charge on any atom is -0.492 e. The molecule has 0 aliphatic heterocycles. The summed E-state index contributed by atoms with van der Waals surface area (Å²) in [5, 5.41) is 3.94. The highest BCUT2D eigenvalue weighted by Crippen LogP contribution is 2.11. The van der Waals surface area contributed by atoms with Crippen LogP contribution >= 0.6 is 11.8 Å². The molecule has 0 saturated carbocycles. The van der Waals surface area contributed by atoms with Crippen molar-refractivity contribution in [2.75, 3.05) is 40.0 Å². The highest BCUT2D eigenvalue weighted by molar-refractivity contribution is 7.99. The Morgan fingerprint density at radius 2 is 2.05 bits per heavy atom. The van der Waals surface area contributed by atoms with E-state index in [1.165, 1.54) is 5.56 Å². The van der Waals surface area contributed by atoms with E-state index in [-0.39, 0.29) is 0 Å². The van der Waals surface area contributed by atoms with Crippen LogP contribution in [-0.4, -0.2) is 56.2 Å².